The number of hydrogen-bond donors (Lipinski definition) is 1. The fourth-order valence-corrected chi connectivity index (χ4v) is 3.07. The molecule has 0 spiro atoms. The van der Waals surface area contributed by atoms with Crippen molar-refractivity contribution >= 4 is 0 Å². The summed E-state index contributed by atoms with van der Waals surface area (Å²) >= 11 is 0. The van der Waals surface area contributed by atoms with Crippen LogP contribution >= 0.6 is 0 Å². The van der Waals surface area contributed by atoms with E-state index in [0.29, 0.717) is 11.8 Å². The van der Waals surface area contributed by atoms with E-state index in [4.69, 9.17) is 0 Å². The van der Waals surface area contributed by atoms with E-state index in [1.54, 1.807) is 6.07 Å². The van der Waals surface area contributed by atoms with Gasteiger partial charge in [0.1, 0.15) is 5.82 Å². The molecule has 0 bridgehead atoms. The Morgan fingerprint density at radius 1 is 1.21 bits per heavy atom. The van der Waals surface area contributed by atoms with Gasteiger partial charge in [0, 0.05) is 5.54 Å². The summed E-state index contributed by atoms with van der Waals surface area (Å²) < 4.78 is 13.4. The smallest absolute Gasteiger partial charge is 0.123 e. The van der Waals surface area contributed by atoms with Crippen LogP contribution in [0.15, 0.2) is 24.3 Å². The number of hydrogen-bond acceptors (Lipinski definition) is 1. The largest absolute Gasteiger partial charge is 0.312 e. The van der Waals surface area contributed by atoms with Gasteiger partial charge in [-0.25, -0.2) is 4.39 Å². The molecule has 0 aliphatic heterocycles. The highest BCUT2D eigenvalue weighted by Gasteiger charge is 2.27. The second-order valence-corrected chi connectivity index (χ2v) is 6.84. The molecule has 0 saturated heterocycles. The molecule has 1 fully saturated rings. The molecule has 2 unspecified atom stereocenters. The Bertz CT molecular complexity index is 408. The van der Waals surface area contributed by atoms with Crippen molar-refractivity contribution in [1.29, 1.82) is 0 Å². The van der Waals surface area contributed by atoms with Gasteiger partial charge in [-0.3, -0.25) is 0 Å². The third-order valence-corrected chi connectivity index (χ3v) is 4.08. The molecule has 1 N–H and O–H groups in total. The first kappa shape index (κ1) is 14.5. The second kappa shape index (κ2) is 6.04. The SMILES string of the molecule is CC(C)(C)NCC1CCCCC1c1cccc(F)c1. The fraction of sp³-hybridized carbons (Fsp3) is 0.647. The van der Waals surface area contributed by atoms with Crippen molar-refractivity contribution in [1.82, 2.24) is 5.32 Å². The molecule has 1 aromatic rings. The number of halogens is 1. The first-order valence-corrected chi connectivity index (χ1v) is 7.46. The molecule has 19 heavy (non-hydrogen) atoms. The third kappa shape index (κ3) is 4.31. The monoisotopic (exact) mass is 263 g/mol. The van der Waals surface area contributed by atoms with E-state index in [9.17, 15) is 4.39 Å². The third-order valence-electron chi connectivity index (χ3n) is 4.08. The maximum Gasteiger partial charge on any atom is 0.123 e. The van der Waals surface area contributed by atoms with Crippen LogP contribution in [0.5, 0.6) is 0 Å². The predicted molar refractivity (Wildman–Crippen MR) is 78.9 cm³/mol. The summed E-state index contributed by atoms with van der Waals surface area (Å²) in [5, 5.41) is 3.61. The average molecular weight is 263 g/mol. The van der Waals surface area contributed by atoms with Crippen molar-refractivity contribution in [3.63, 3.8) is 0 Å². The van der Waals surface area contributed by atoms with Gasteiger partial charge in [-0.2, -0.15) is 0 Å². The van der Waals surface area contributed by atoms with E-state index < -0.39 is 0 Å². The maximum absolute atomic E-state index is 13.4. The topological polar surface area (TPSA) is 12.0 Å². The van der Waals surface area contributed by atoms with Crippen LogP contribution in [-0.2, 0) is 0 Å². The van der Waals surface area contributed by atoms with Crippen molar-refractivity contribution in [2.75, 3.05) is 6.54 Å². The minimum absolute atomic E-state index is 0.106. The highest BCUT2D eigenvalue weighted by Crippen LogP contribution is 2.37. The Kier molecular flexibility index (Phi) is 4.62. The molecule has 0 amide bonds. The zero-order valence-electron chi connectivity index (χ0n) is 12.4. The molecule has 1 saturated carbocycles. The predicted octanol–water partition coefficient (Wildman–Crippen LogP) is 4.49. The van der Waals surface area contributed by atoms with Crippen LogP contribution in [0.2, 0.25) is 0 Å². The Morgan fingerprint density at radius 3 is 2.63 bits per heavy atom. The summed E-state index contributed by atoms with van der Waals surface area (Å²) in [4.78, 5) is 0. The molecule has 1 nitrogen and oxygen atoms in total. The van der Waals surface area contributed by atoms with Gasteiger partial charge in [0.25, 0.3) is 0 Å². The van der Waals surface area contributed by atoms with Crippen LogP contribution in [0.1, 0.15) is 57.9 Å². The normalized spacial score (nSPS) is 24.4. The van der Waals surface area contributed by atoms with Gasteiger partial charge in [0.2, 0.25) is 0 Å². The minimum Gasteiger partial charge on any atom is -0.312 e. The summed E-state index contributed by atoms with van der Waals surface area (Å²) in [5.41, 5.74) is 1.34. The van der Waals surface area contributed by atoms with E-state index in [2.05, 4.69) is 32.2 Å². The lowest BCUT2D eigenvalue weighted by molar-refractivity contribution is 0.269. The molecule has 2 rings (SSSR count). The summed E-state index contributed by atoms with van der Waals surface area (Å²) in [6, 6.07) is 7.19. The van der Waals surface area contributed by atoms with Gasteiger partial charge >= 0.3 is 0 Å². The molecule has 0 heterocycles. The molecule has 0 radical (unpaired) electrons. The van der Waals surface area contributed by atoms with Crippen molar-refractivity contribution in [3.05, 3.63) is 35.6 Å². The lowest BCUT2D eigenvalue weighted by atomic mass is 9.75. The van der Waals surface area contributed by atoms with Gasteiger partial charge < -0.3 is 5.32 Å². The summed E-state index contributed by atoms with van der Waals surface area (Å²) in [6.45, 7) is 7.64. The van der Waals surface area contributed by atoms with Crippen molar-refractivity contribution < 1.29 is 4.39 Å². The van der Waals surface area contributed by atoms with Crippen LogP contribution in [0, 0.1) is 11.7 Å². The molecular weight excluding hydrogens is 237 g/mol. The number of benzene rings is 1. The van der Waals surface area contributed by atoms with Crippen molar-refractivity contribution in [2.45, 2.75) is 57.9 Å². The van der Waals surface area contributed by atoms with Crippen LogP contribution in [0.25, 0.3) is 0 Å². The first-order chi connectivity index (χ1) is 8.96. The zero-order chi connectivity index (χ0) is 13.9. The van der Waals surface area contributed by atoms with E-state index in [0.717, 1.165) is 6.54 Å². The summed E-state index contributed by atoms with van der Waals surface area (Å²) in [5.74, 6) is 1.04. The summed E-state index contributed by atoms with van der Waals surface area (Å²) in [7, 11) is 0. The van der Waals surface area contributed by atoms with E-state index in [1.165, 1.54) is 37.3 Å². The van der Waals surface area contributed by atoms with E-state index in [1.807, 2.05) is 6.07 Å². The Balaban J connectivity index is 2.07. The lowest BCUT2D eigenvalue weighted by Crippen LogP contribution is -2.41. The Labute approximate surface area is 116 Å². The standard InChI is InChI=1S/C17H26FN/c1-17(2,3)19-12-14-7-4-5-10-16(14)13-8-6-9-15(18)11-13/h6,8-9,11,14,16,19H,4-5,7,10,12H2,1-3H3. The Morgan fingerprint density at radius 2 is 1.95 bits per heavy atom. The van der Waals surface area contributed by atoms with Gasteiger partial charge in [-0.15, -0.1) is 0 Å². The first-order valence-electron chi connectivity index (χ1n) is 7.46. The molecule has 2 heteroatoms. The van der Waals surface area contributed by atoms with Gasteiger partial charge in [-0.1, -0.05) is 25.0 Å². The highest BCUT2D eigenvalue weighted by atomic mass is 19.1. The number of rotatable bonds is 3. The van der Waals surface area contributed by atoms with Crippen LogP contribution in [0.4, 0.5) is 4.39 Å². The van der Waals surface area contributed by atoms with E-state index in [-0.39, 0.29) is 11.4 Å². The van der Waals surface area contributed by atoms with Gasteiger partial charge in [0.15, 0.2) is 0 Å². The minimum atomic E-state index is -0.106. The molecule has 0 aromatic heterocycles. The summed E-state index contributed by atoms with van der Waals surface area (Å²) in [6.07, 6.45) is 5.03. The van der Waals surface area contributed by atoms with Crippen LogP contribution in [-0.4, -0.2) is 12.1 Å². The van der Waals surface area contributed by atoms with Crippen molar-refractivity contribution in [3.8, 4) is 0 Å². The molecule has 1 aliphatic rings. The van der Waals surface area contributed by atoms with Crippen LogP contribution < -0.4 is 5.32 Å². The average Bonchev–Trinajstić information content (AvgIpc) is 2.36. The quantitative estimate of drug-likeness (QED) is 0.847. The lowest BCUT2D eigenvalue weighted by Gasteiger charge is -2.34. The zero-order valence-corrected chi connectivity index (χ0v) is 12.4. The van der Waals surface area contributed by atoms with Crippen LogP contribution in [0.3, 0.4) is 0 Å². The molecule has 2 atom stereocenters. The molecular formula is C17H26FN. The molecule has 106 valence electrons. The van der Waals surface area contributed by atoms with E-state index >= 15 is 0 Å². The van der Waals surface area contributed by atoms with Crippen molar-refractivity contribution in [2.24, 2.45) is 5.92 Å². The fourth-order valence-electron chi connectivity index (χ4n) is 3.07. The molecule has 1 aromatic carbocycles. The number of nitrogens with one attached hydrogen (secondary N) is 1. The van der Waals surface area contributed by atoms with Gasteiger partial charge in [0.05, 0.1) is 0 Å². The van der Waals surface area contributed by atoms with Gasteiger partial charge in [-0.05, 0) is 69.7 Å². The highest BCUT2D eigenvalue weighted by molar-refractivity contribution is 5.22. The molecule has 1 aliphatic carbocycles. The second-order valence-electron chi connectivity index (χ2n) is 6.84. The Hall–Kier alpha value is -0.890. The maximum atomic E-state index is 13.4.